The molecule has 0 aliphatic heterocycles. The first-order valence-corrected chi connectivity index (χ1v) is 9.57. The number of thioether (sulfide) groups is 1. The first-order valence-electron chi connectivity index (χ1n) is 8.35. The second-order valence-electron chi connectivity index (χ2n) is 5.68. The lowest BCUT2D eigenvalue weighted by molar-refractivity contribution is 0.0960. The zero-order chi connectivity index (χ0) is 19.2. The number of hydrogen-bond acceptors (Lipinski definition) is 6. The number of carbonyl (C=O) groups is 1. The van der Waals surface area contributed by atoms with Gasteiger partial charge in [-0.3, -0.25) is 4.79 Å². The van der Waals surface area contributed by atoms with Gasteiger partial charge in [0, 0.05) is 23.7 Å². The number of ether oxygens (including phenoxy) is 1. The van der Waals surface area contributed by atoms with Crippen LogP contribution in [0.2, 0.25) is 0 Å². The molecular formula is C20H20N4O2S. The summed E-state index contributed by atoms with van der Waals surface area (Å²) in [6.45, 7) is 1.86. The Labute approximate surface area is 162 Å². The van der Waals surface area contributed by atoms with Crippen LogP contribution in [0.3, 0.4) is 0 Å². The van der Waals surface area contributed by atoms with Gasteiger partial charge in [-0.1, -0.05) is 24.3 Å². The minimum atomic E-state index is -0.218. The van der Waals surface area contributed by atoms with Gasteiger partial charge in [0.15, 0.2) is 0 Å². The van der Waals surface area contributed by atoms with Gasteiger partial charge in [0.05, 0.1) is 11.3 Å². The van der Waals surface area contributed by atoms with Crippen molar-refractivity contribution in [3.8, 4) is 11.6 Å². The maximum absolute atomic E-state index is 12.0. The number of hydrogen-bond donors (Lipinski definition) is 2. The van der Waals surface area contributed by atoms with E-state index in [9.17, 15) is 4.79 Å². The van der Waals surface area contributed by atoms with Gasteiger partial charge < -0.3 is 15.4 Å². The van der Waals surface area contributed by atoms with Crippen molar-refractivity contribution in [2.75, 3.05) is 18.6 Å². The SMILES string of the molecule is CNC(=O)c1ccccc1Oc1nc(Nc2ccccc2SC)ncc1C. The van der Waals surface area contributed by atoms with E-state index in [1.54, 1.807) is 43.2 Å². The summed E-state index contributed by atoms with van der Waals surface area (Å²) in [6, 6.07) is 15.0. The van der Waals surface area contributed by atoms with E-state index in [1.807, 2.05) is 43.5 Å². The van der Waals surface area contributed by atoms with Gasteiger partial charge in [0.2, 0.25) is 11.8 Å². The molecule has 2 N–H and O–H groups in total. The molecule has 0 bridgehead atoms. The molecule has 3 rings (SSSR count). The normalized spacial score (nSPS) is 10.3. The van der Waals surface area contributed by atoms with Crippen LogP contribution in [0.1, 0.15) is 15.9 Å². The average Bonchev–Trinajstić information content (AvgIpc) is 2.70. The fraction of sp³-hybridized carbons (Fsp3) is 0.150. The minimum Gasteiger partial charge on any atom is -0.438 e. The van der Waals surface area contributed by atoms with Crippen LogP contribution in [0.15, 0.2) is 59.6 Å². The summed E-state index contributed by atoms with van der Waals surface area (Å²) in [6.07, 6.45) is 3.70. The molecule has 0 fully saturated rings. The van der Waals surface area contributed by atoms with Gasteiger partial charge in [-0.2, -0.15) is 4.98 Å². The zero-order valence-corrected chi connectivity index (χ0v) is 16.1. The highest BCUT2D eigenvalue weighted by Gasteiger charge is 2.14. The molecule has 1 amide bonds. The van der Waals surface area contributed by atoms with E-state index in [1.165, 1.54) is 0 Å². The van der Waals surface area contributed by atoms with Crippen LogP contribution in [0, 0.1) is 6.92 Å². The first-order chi connectivity index (χ1) is 13.1. The van der Waals surface area contributed by atoms with Gasteiger partial charge >= 0.3 is 0 Å². The van der Waals surface area contributed by atoms with Gasteiger partial charge in [-0.25, -0.2) is 4.98 Å². The lowest BCUT2D eigenvalue weighted by Gasteiger charge is -2.13. The highest BCUT2D eigenvalue weighted by Crippen LogP contribution is 2.29. The molecule has 0 unspecified atom stereocenters. The van der Waals surface area contributed by atoms with Crippen molar-refractivity contribution in [3.05, 3.63) is 65.9 Å². The number of para-hydroxylation sites is 2. The monoisotopic (exact) mass is 380 g/mol. The highest BCUT2D eigenvalue weighted by atomic mass is 32.2. The molecule has 0 spiro atoms. The number of anilines is 2. The van der Waals surface area contributed by atoms with E-state index in [2.05, 4.69) is 20.6 Å². The van der Waals surface area contributed by atoms with Crippen molar-refractivity contribution in [2.24, 2.45) is 0 Å². The van der Waals surface area contributed by atoms with Crippen LogP contribution in [-0.2, 0) is 0 Å². The first kappa shape index (κ1) is 18.7. The summed E-state index contributed by atoms with van der Waals surface area (Å²) in [5.74, 6) is 1.04. The van der Waals surface area contributed by atoms with E-state index in [4.69, 9.17) is 4.74 Å². The number of nitrogens with one attached hydrogen (secondary N) is 2. The number of aromatic nitrogens is 2. The average molecular weight is 380 g/mol. The molecule has 0 aliphatic rings. The van der Waals surface area contributed by atoms with Crippen molar-refractivity contribution in [1.29, 1.82) is 0 Å². The second-order valence-corrected chi connectivity index (χ2v) is 6.53. The molecule has 27 heavy (non-hydrogen) atoms. The van der Waals surface area contributed by atoms with Gasteiger partial charge in [-0.15, -0.1) is 11.8 Å². The molecule has 3 aromatic rings. The van der Waals surface area contributed by atoms with E-state index in [-0.39, 0.29) is 5.91 Å². The maximum Gasteiger partial charge on any atom is 0.254 e. The fourth-order valence-corrected chi connectivity index (χ4v) is 2.99. The van der Waals surface area contributed by atoms with Crippen LogP contribution in [0.5, 0.6) is 11.6 Å². The van der Waals surface area contributed by atoms with Crippen LogP contribution in [0.4, 0.5) is 11.6 Å². The Hall–Kier alpha value is -3.06. The van der Waals surface area contributed by atoms with Crippen molar-refractivity contribution < 1.29 is 9.53 Å². The number of benzene rings is 2. The summed E-state index contributed by atoms with van der Waals surface area (Å²) in [5, 5.41) is 5.84. The van der Waals surface area contributed by atoms with Crippen molar-refractivity contribution in [1.82, 2.24) is 15.3 Å². The van der Waals surface area contributed by atoms with E-state index < -0.39 is 0 Å². The Morgan fingerprint density at radius 2 is 1.85 bits per heavy atom. The van der Waals surface area contributed by atoms with Gasteiger partial charge in [0.25, 0.3) is 5.91 Å². The molecular weight excluding hydrogens is 360 g/mol. The highest BCUT2D eigenvalue weighted by molar-refractivity contribution is 7.98. The molecule has 2 aromatic carbocycles. The van der Waals surface area contributed by atoms with Crippen LogP contribution < -0.4 is 15.4 Å². The van der Waals surface area contributed by atoms with Gasteiger partial charge in [0.1, 0.15) is 5.75 Å². The van der Waals surface area contributed by atoms with Crippen molar-refractivity contribution in [2.45, 2.75) is 11.8 Å². The van der Waals surface area contributed by atoms with Crippen molar-refractivity contribution >= 4 is 29.3 Å². The molecule has 6 nitrogen and oxygen atoms in total. The molecule has 0 aliphatic carbocycles. The predicted octanol–water partition coefficient (Wildman–Crippen LogP) is 4.40. The van der Waals surface area contributed by atoms with Crippen molar-refractivity contribution in [3.63, 3.8) is 0 Å². The molecule has 0 atom stereocenters. The zero-order valence-electron chi connectivity index (χ0n) is 15.3. The lowest BCUT2D eigenvalue weighted by atomic mass is 10.2. The number of carbonyl (C=O) groups excluding carboxylic acids is 1. The lowest BCUT2D eigenvalue weighted by Crippen LogP contribution is -2.18. The van der Waals surface area contributed by atoms with E-state index in [0.29, 0.717) is 23.1 Å². The Morgan fingerprint density at radius 3 is 2.63 bits per heavy atom. The third kappa shape index (κ3) is 4.38. The fourth-order valence-electron chi connectivity index (χ4n) is 2.44. The smallest absolute Gasteiger partial charge is 0.254 e. The Balaban J connectivity index is 1.90. The number of amides is 1. The largest absolute Gasteiger partial charge is 0.438 e. The predicted molar refractivity (Wildman–Crippen MR) is 108 cm³/mol. The number of rotatable bonds is 6. The summed E-state index contributed by atoms with van der Waals surface area (Å²) in [7, 11) is 1.58. The van der Waals surface area contributed by atoms with E-state index in [0.717, 1.165) is 16.1 Å². The van der Waals surface area contributed by atoms with Crippen LogP contribution in [-0.4, -0.2) is 29.2 Å². The third-order valence-corrected chi connectivity index (χ3v) is 4.64. The third-order valence-electron chi connectivity index (χ3n) is 3.84. The maximum atomic E-state index is 12.0. The number of nitrogens with zero attached hydrogens (tertiary/aromatic N) is 2. The summed E-state index contributed by atoms with van der Waals surface area (Å²) >= 11 is 1.64. The summed E-state index contributed by atoms with van der Waals surface area (Å²) in [4.78, 5) is 22.0. The second kappa shape index (κ2) is 8.55. The Morgan fingerprint density at radius 1 is 1.11 bits per heavy atom. The van der Waals surface area contributed by atoms with Gasteiger partial charge in [-0.05, 0) is 37.4 Å². The standard InChI is InChI=1S/C20H20N4O2S/c1-13-12-22-20(23-15-9-5-7-11-17(15)27-3)24-19(13)26-16-10-6-4-8-14(16)18(25)21-2/h4-12H,1-3H3,(H,21,25)(H,22,23,24). The topological polar surface area (TPSA) is 76.1 Å². The van der Waals surface area contributed by atoms with E-state index >= 15 is 0 Å². The molecule has 0 saturated heterocycles. The molecule has 138 valence electrons. The molecule has 7 heteroatoms. The Kier molecular flexibility index (Phi) is 5.93. The molecule has 0 radical (unpaired) electrons. The van der Waals surface area contributed by atoms with Crippen LogP contribution in [0.25, 0.3) is 0 Å². The minimum absolute atomic E-state index is 0.218. The van der Waals surface area contributed by atoms with Crippen LogP contribution >= 0.6 is 11.8 Å². The quantitative estimate of drug-likeness (QED) is 0.617. The summed E-state index contributed by atoms with van der Waals surface area (Å²) in [5.41, 5.74) is 2.14. The molecule has 1 heterocycles. The Bertz CT molecular complexity index is 962. The molecule has 0 saturated carbocycles. The molecule has 1 aromatic heterocycles. The summed E-state index contributed by atoms with van der Waals surface area (Å²) < 4.78 is 5.94. The number of aryl methyl sites for hydroxylation is 1.